The Labute approximate surface area is 228 Å². The Bertz CT molecular complexity index is 1310. The van der Waals surface area contributed by atoms with E-state index in [9.17, 15) is 14.4 Å². The smallest absolute Gasteiger partial charge is 0.258 e. The molecule has 198 valence electrons. The zero-order valence-corrected chi connectivity index (χ0v) is 22.7. The number of rotatable bonds is 8. The molecular weight excluding hydrogens is 500 g/mol. The summed E-state index contributed by atoms with van der Waals surface area (Å²) in [7, 11) is 1.95. The molecule has 0 bridgehead atoms. The van der Waals surface area contributed by atoms with Crippen LogP contribution in [0, 0.1) is 0 Å². The van der Waals surface area contributed by atoms with Gasteiger partial charge >= 0.3 is 0 Å². The van der Waals surface area contributed by atoms with E-state index < -0.39 is 0 Å². The van der Waals surface area contributed by atoms with Crippen molar-refractivity contribution < 1.29 is 14.4 Å². The van der Waals surface area contributed by atoms with Gasteiger partial charge in [0.15, 0.2) is 0 Å². The second kappa shape index (κ2) is 11.7. The number of fused-ring (bicyclic) bond motifs is 1. The molecule has 1 aliphatic rings. The fraction of sp³-hybridized carbons (Fsp3) is 0.300. The van der Waals surface area contributed by atoms with Crippen LogP contribution in [0.2, 0.25) is 5.02 Å². The molecule has 0 radical (unpaired) electrons. The summed E-state index contributed by atoms with van der Waals surface area (Å²) >= 11 is 6.09. The van der Waals surface area contributed by atoms with E-state index in [4.69, 9.17) is 17.3 Å². The van der Waals surface area contributed by atoms with Crippen LogP contribution in [0.1, 0.15) is 55.1 Å². The van der Waals surface area contributed by atoms with Gasteiger partial charge in [0.1, 0.15) is 0 Å². The highest BCUT2D eigenvalue weighted by atomic mass is 35.5. The lowest BCUT2D eigenvalue weighted by molar-refractivity contribution is -0.118. The molecule has 2 atom stereocenters. The van der Waals surface area contributed by atoms with Crippen LogP contribution in [-0.2, 0) is 9.59 Å². The number of amides is 3. The molecule has 0 saturated heterocycles. The monoisotopic (exact) mass is 532 g/mol. The van der Waals surface area contributed by atoms with E-state index in [1.54, 1.807) is 24.0 Å². The maximum absolute atomic E-state index is 13.8. The van der Waals surface area contributed by atoms with Crippen LogP contribution in [0.3, 0.4) is 0 Å². The number of benzene rings is 3. The normalized spacial score (nSPS) is 16.5. The molecule has 2 unspecified atom stereocenters. The van der Waals surface area contributed by atoms with Crippen molar-refractivity contribution in [1.82, 2.24) is 0 Å². The van der Waals surface area contributed by atoms with Gasteiger partial charge in [-0.15, -0.1) is 0 Å². The van der Waals surface area contributed by atoms with Crippen molar-refractivity contribution in [1.29, 1.82) is 0 Å². The molecule has 1 aliphatic heterocycles. The van der Waals surface area contributed by atoms with E-state index in [0.717, 1.165) is 22.6 Å². The highest BCUT2D eigenvalue weighted by Crippen LogP contribution is 2.43. The largest absolute Gasteiger partial charge is 0.375 e. The minimum Gasteiger partial charge on any atom is -0.375 e. The van der Waals surface area contributed by atoms with Gasteiger partial charge in [-0.2, -0.15) is 0 Å². The van der Waals surface area contributed by atoms with Gasteiger partial charge < -0.3 is 20.4 Å². The van der Waals surface area contributed by atoms with E-state index in [0.29, 0.717) is 36.4 Å². The number of nitrogens with zero attached hydrogens (tertiary/aromatic N) is 3. The number of primary amides is 1. The topological polar surface area (TPSA) is 87.0 Å². The minimum atomic E-state index is -0.308. The summed E-state index contributed by atoms with van der Waals surface area (Å²) in [5.74, 6) is -0.473. The number of nitrogens with two attached hydrogens (primary N) is 1. The van der Waals surface area contributed by atoms with Gasteiger partial charge in [-0.3, -0.25) is 14.4 Å². The van der Waals surface area contributed by atoms with E-state index in [1.165, 1.54) is 0 Å². The molecule has 0 saturated carbocycles. The van der Waals surface area contributed by atoms with E-state index in [2.05, 4.69) is 0 Å². The first-order valence-corrected chi connectivity index (χ1v) is 13.1. The van der Waals surface area contributed by atoms with Crippen LogP contribution in [-0.4, -0.2) is 37.4 Å². The van der Waals surface area contributed by atoms with Crippen molar-refractivity contribution in [2.45, 2.75) is 45.2 Å². The predicted octanol–water partition coefficient (Wildman–Crippen LogP) is 5.57. The molecule has 1 heterocycles. The molecule has 3 aromatic rings. The molecular formula is C30H33ClN4O3. The average molecular weight is 533 g/mol. The number of para-hydroxylation sites is 1. The molecule has 38 heavy (non-hydrogen) atoms. The van der Waals surface area contributed by atoms with Crippen LogP contribution in [0.4, 0.5) is 17.1 Å². The zero-order valence-electron chi connectivity index (χ0n) is 21.9. The van der Waals surface area contributed by atoms with Crippen LogP contribution in [0.25, 0.3) is 0 Å². The first-order chi connectivity index (χ1) is 18.2. The first kappa shape index (κ1) is 27.2. The summed E-state index contributed by atoms with van der Waals surface area (Å²) in [6.07, 6.45) is 1.60. The molecule has 3 aromatic carbocycles. The standard InChI is InChI=1S/C30H33ClN4O3/c1-20-19-28(35(21(2)36)25-16-12-23(31)13-17-25)26-7-4-5-8-27(26)34(20)30(38)22-10-14-24(15-11-22)33(3)18-6-9-29(32)37/h4-5,7-8,10-17,20,28H,6,9,18-19H2,1-3H3,(H2,32,37). The fourth-order valence-corrected chi connectivity index (χ4v) is 5.26. The number of carbonyl (C=O) groups excluding carboxylic acids is 3. The number of carbonyl (C=O) groups is 3. The van der Waals surface area contributed by atoms with Crippen LogP contribution < -0.4 is 20.4 Å². The Morgan fingerprint density at radius 1 is 0.974 bits per heavy atom. The van der Waals surface area contributed by atoms with E-state index in [-0.39, 0.29) is 29.8 Å². The SMILES string of the molecule is CC(=O)N(c1ccc(Cl)cc1)C1CC(C)N(C(=O)c2ccc(N(C)CCCC(N)=O)cc2)c2ccccc21. The fourth-order valence-electron chi connectivity index (χ4n) is 5.14. The maximum atomic E-state index is 13.8. The molecule has 4 rings (SSSR count). The molecule has 0 aromatic heterocycles. The number of anilines is 3. The third-order valence-electron chi connectivity index (χ3n) is 7.01. The van der Waals surface area contributed by atoms with Crippen molar-refractivity contribution >= 4 is 46.4 Å². The second-order valence-electron chi connectivity index (χ2n) is 9.74. The summed E-state index contributed by atoms with van der Waals surface area (Å²) in [5.41, 5.74) is 9.27. The Kier molecular flexibility index (Phi) is 8.37. The van der Waals surface area contributed by atoms with Crippen molar-refractivity contribution in [2.75, 3.05) is 28.3 Å². The van der Waals surface area contributed by atoms with Gasteiger partial charge in [0.25, 0.3) is 5.91 Å². The predicted molar refractivity (Wildman–Crippen MR) is 153 cm³/mol. The number of hydrogen-bond donors (Lipinski definition) is 1. The van der Waals surface area contributed by atoms with Crippen LogP contribution in [0.15, 0.2) is 72.8 Å². The second-order valence-corrected chi connectivity index (χ2v) is 10.2. The van der Waals surface area contributed by atoms with Gasteiger partial charge in [0, 0.05) is 60.6 Å². The van der Waals surface area contributed by atoms with Gasteiger partial charge in [-0.05, 0) is 79.9 Å². The zero-order chi connectivity index (χ0) is 27.4. The Hall–Kier alpha value is -3.84. The van der Waals surface area contributed by atoms with E-state index in [1.807, 2.05) is 84.4 Å². The lowest BCUT2D eigenvalue weighted by atomic mass is 9.89. The van der Waals surface area contributed by atoms with Gasteiger partial charge in [-0.25, -0.2) is 0 Å². The first-order valence-electron chi connectivity index (χ1n) is 12.7. The van der Waals surface area contributed by atoms with Gasteiger partial charge in [0.2, 0.25) is 11.8 Å². The summed E-state index contributed by atoms with van der Waals surface area (Å²) < 4.78 is 0. The van der Waals surface area contributed by atoms with Crippen molar-refractivity contribution in [3.05, 3.63) is 88.9 Å². The average Bonchev–Trinajstić information content (AvgIpc) is 2.89. The maximum Gasteiger partial charge on any atom is 0.258 e. The van der Waals surface area contributed by atoms with Crippen molar-refractivity contribution in [2.24, 2.45) is 5.73 Å². The molecule has 7 nitrogen and oxygen atoms in total. The third kappa shape index (κ3) is 5.83. The molecule has 0 fully saturated rings. The highest BCUT2D eigenvalue weighted by Gasteiger charge is 2.38. The lowest BCUT2D eigenvalue weighted by Crippen LogP contribution is -2.47. The van der Waals surface area contributed by atoms with Crippen molar-refractivity contribution in [3.8, 4) is 0 Å². The Morgan fingerprint density at radius 2 is 1.61 bits per heavy atom. The quantitative estimate of drug-likeness (QED) is 0.410. The lowest BCUT2D eigenvalue weighted by Gasteiger charge is -2.43. The summed E-state index contributed by atoms with van der Waals surface area (Å²) in [4.78, 5) is 43.3. The summed E-state index contributed by atoms with van der Waals surface area (Å²) in [6, 6.07) is 22.2. The molecule has 8 heteroatoms. The van der Waals surface area contributed by atoms with Crippen LogP contribution in [0.5, 0.6) is 0 Å². The van der Waals surface area contributed by atoms with Gasteiger partial charge in [-0.1, -0.05) is 29.8 Å². The number of hydrogen-bond acceptors (Lipinski definition) is 4. The van der Waals surface area contributed by atoms with Gasteiger partial charge in [0.05, 0.1) is 6.04 Å². The van der Waals surface area contributed by atoms with Crippen molar-refractivity contribution in [3.63, 3.8) is 0 Å². The Morgan fingerprint density at radius 3 is 2.24 bits per heavy atom. The number of halogens is 1. The highest BCUT2D eigenvalue weighted by molar-refractivity contribution is 6.30. The minimum absolute atomic E-state index is 0.0744. The summed E-state index contributed by atoms with van der Waals surface area (Å²) in [5, 5.41) is 0.606. The Balaban J connectivity index is 1.60. The van der Waals surface area contributed by atoms with Crippen LogP contribution >= 0.6 is 11.6 Å². The molecule has 3 amide bonds. The third-order valence-corrected chi connectivity index (χ3v) is 7.26. The molecule has 2 N–H and O–H groups in total. The summed E-state index contributed by atoms with van der Waals surface area (Å²) in [6.45, 7) is 4.27. The molecule has 0 aliphatic carbocycles. The van der Waals surface area contributed by atoms with E-state index >= 15 is 0 Å². The molecule has 0 spiro atoms.